The molecule has 5 nitrogen and oxygen atoms in total. The number of halogens is 1. The second-order valence-corrected chi connectivity index (χ2v) is 6.90. The number of nitrogens with zero attached hydrogens (tertiary/aromatic N) is 1. The summed E-state index contributed by atoms with van der Waals surface area (Å²) in [5.41, 5.74) is 7.33. The fraction of sp³-hybridized carbons (Fsp3) is 0.556. The third-order valence-electron chi connectivity index (χ3n) is 4.25. The number of hydrogen-bond donors (Lipinski definition) is 2. The molecular weight excluding hydrogens is 326 g/mol. The first kappa shape index (κ1) is 20.5. The van der Waals surface area contributed by atoms with Gasteiger partial charge in [0.05, 0.1) is 5.92 Å². The third kappa shape index (κ3) is 4.95. The summed E-state index contributed by atoms with van der Waals surface area (Å²) < 4.78 is 0. The first-order valence-electron chi connectivity index (χ1n) is 8.27. The molecule has 24 heavy (non-hydrogen) atoms. The molecule has 2 rings (SSSR count). The van der Waals surface area contributed by atoms with Crippen LogP contribution < -0.4 is 16.0 Å². The molecule has 1 fully saturated rings. The molecule has 1 saturated heterocycles. The summed E-state index contributed by atoms with van der Waals surface area (Å²) in [6.07, 6.45) is 2.39. The van der Waals surface area contributed by atoms with Crippen molar-refractivity contribution in [3.63, 3.8) is 0 Å². The van der Waals surface area contributed by atoms with Crippen molar-refractivity contribution in [2.24, 2.45) is 11.7 Å². The highest BCUT2D eigenvalue weighted by molar-refractivity contribution is 6.00. The lowest BCUT2D eigenvalue weighted by atomic mass is 10.0. The van der Waals surface area contributed by atoms with Crippen LogP contribution in [0.5, 0.6) is 0 Å². The number of nitrogens with one attached hydrogen (secondary N) is 1. The van der Waals surface area contributed by atoms with Gasteiger partial charge in [0.2, 0.25) is 11.8 Å². The number of hydrogen-bond acceptors (Lipinski definition) is 3. The number of benzene rings is 1. The van der Waals surface area contributed by atoms with Gasteiger partial charge >= 0.3 is 0 Å². The molecule has 6 heteroatoms. The van der Waals surface area contributed by atoms with Crippen LogP contribution in [-0.2, 0) is 16.0 Å². The van der Waals surface area contributed by atoms with Gasteiger partial charge in [-0.25, -0.2) is 0 Å². The summed E-state index contributed by atoms with van der Waals surface area (Å²) in [6.45, 7) is 6.70. The molecular formula is C18H28ClN3O2. The number of amides is 2. The maximum absolute atomic E-state index is 12.3. The lowest BCUT2D eigenvalue weighted by Crippen LogP contribution is -2.51. The van der Waals surface area contributed by atoms with Crippen molar-refractivity contribution in [2.45, 2.75) is 45.6 Å². The summed E-state index contributed by atoms with van der Waals surface area (Å²) >= 11 is 0. The maximum atomic E-state index is 12.3. The largest absolute Gasteiger partial charge is 0.350 e. The highest BCUT2D eigenvalue weighted by Gasteiger charge is 2.36. The standard InChI is InChI=1S/C18H27N3O2.ClH/c1-4-5-13-6-8-15(9-7-13)21-11-14(10-16(21)22)17(23)20-18(2,3)12-19;/h6-9,14H,4-5,10-12,19H2,1-3H3,(H,20,23);1H. The molecule has 3 N–H and O–H groups in total. The number of aryl methyl sites for hydroxylation is 1. The van der Waals surface area contributed by atoms with Crippen LogP contribution in [-0.4, -0.2) is 30.4 Å². The van der Waals surface area contributed by atoms with Gasteiger partial charge in [0.1, 0.15) is 0 Å². The van der Waals surface area contributed by atoms with E-state index in [1.165, 1.54) is 5.56 Å². The smallest absolute Gasteiger partial charge is 0.227 e. The molecule has 1 aliphatic rings. The Morgan fingerprint density at radius 1 is 1.33 bits per heavy atom. The van der Waals surface area contributed by atoms with Gasteiger partial charge in [-0.2, -0.15) is 0 Å². The zero-order valence-electron chi connectivity index (χ0n) is 14.7. The molecule has 1 atom stereocenters. The van der Waals surface area contributed by atoms with Gasteiger partial charge in [0.25, 0.3) is 0 Å². The number of anilines is 1. The van der Waals surface area contributed by atoms with Crippen LogP contribution in [0.1, 0.15) is 39.2 Å². The topological polar surface area (TPSA) is 75.4 Å². The van der Waals surface area contributed by atoms with Crippen molar-refractivity contribution in [3.8, 4) is 0 Å². The number of nitrogens with two attached hydrogens (primary N) is 1. The fourth-order valence-corrected chi connectivity index (χ4v) is 2.75. The van der Waals surface area contributed by atoms with E-state index in [1.54, 1.807) is 4.90 Å². The molecule has 134 valence electrons. The molecule has 0 aliphatic carbocycles. The van der Waals surface area contributed by atoms with Crippen molar-refractivity contribution < 1.29 is 9.59 Å². The Bertz CT molecular complexity index is 572. The lowest BCUT2D eigenvalue weighted by molar-refractivity contribution is -0.127. The van der Waals surface area contributed by atoms with E-state index >= 15 is 0 Å². The average Bonchev–Trinajstić information content (AvgIpc) is 2.90. The number of carbonyl (C=O) groups excluding carboxylic acids is 2. The molecule has 0 saturated carbocycles. The summed E-state index contributed by atoms with van der Waals surface area (Å²) in [4.78, 5) is 26.3. The van der Waals surface area contributed by atoms with Crippen molar-refractivity contribution in [2.75, 3.05) is 18.0 Å². The summed E-state index contributed by atoms with van der Waals surface area (Å²) in [6, 6.07) is 8.04. The first-order valence-corrected chi connectivity index (χ1v) is 8.27. The summed E-state index contributed by atoms with van der Waals surface area (Å²) in [5.74, 6) is -0.415. The van der Waals surface area contributed by atoms with Gasteiger partial charge in [-0.1, -0.05) is 25.5 Å². The maximum Gasteiger partial charge on any atom is 0.227 e. The van der Waals surface area contributed by atoms with Crippen LogP contribution in [0.15, 0.2) is 24.3 Å². The highest BCUT2D eigenvalue weighted by atomic mass is 35.5. The van der Waals surface area contributed by atoms with Gasteiger partial charge in [-0.15, -0.1) is 12.4 Å². The Morgan fingerprint density at radius 2 is 1.96 bits per heavy atom. The molecule has 0 radical (unpaired) electrons. The fourth-order valence-electron chi connectivity index (χ4n) is 2.75. The van der Waals surface area contributed by atoms with Gasteiger partial charge in [-0.05, 0) is 38.0 Å². The Morgan fingerprint density at radius 3 is 2.50 bits per heavy atom. The lowest BCUT2D eigenvalue weighted by Gasteiger charge is -2.26. The van der Waals surface area contributed by atoms with Crippen molar-refractivity contribution in [1.82, 2.24) is 5.32 Å². The Balaban J connectivity index is 0.00000288. The van der Waals surface area contributed by atoms with Crippen LogP contribution in [0, 0.1) is 5.92 Å². The molecule has 1 aromatic carbocycles. The zero-order chi connectivity index (χ0) is 17.0. The normalized spacial score (nSPS) is 17.6. The molecule has 2 amide bonds. The van der Waals surface area contributed by atoms with Crippen molar-refractivity contribution >= 4 is 29.9 Å². The SMILES string of the molecule is CCCc1ccc(N2CC(C(=O)NC(C)(C)CN)CC2=O)cc1.Cl. The minimum atomic E-state index is -0.449. The predicted molar refractivity (Wildman–Crippen MR) is 99.4 cm³/mol. The van der Waals surface area contributed by atoms with Crippen molar-refractivity contribution in [3.05, 3.63) is 29.8 Å². The summed E-state index contributed by atoms with van der Waals surface area (Å²) in [7, 11) is 0. The summed E-state index contributed by atoms with van der Waals surface area (Å²) in [5, 5.41) is 2.92. The van der Waals surface area contributed by atoms with Crippen molar-refractivity contribution in [1.29, 1.82) is 0 Å². The monoisotopic (exact) mass is 353 g/mol. The second-order valence-electron chi connectivity index (χ2n) is 6.90. The predicted octanol–water partition coefficient (Wildman–Crippen LogP) is 2.27. The molecule has 1 heterocycles. The van der Waals surface area contributed by atoms with E-state index in [9.17, 15) is 9.59 Å². The molecule has 0 bridgehead atoms. The third-order valence-corrected chi connectivity index (χ3v) is 4.25. The minimum Gasteiger partial charge on any atom is -0.350 e. The molecule has 0 aromatic heterocycles. The minimum absolute atomic E-state index is 0. The molecule has 0 spiro atoms. The first-order chi connectivity index (χ1) is 10.9. The Labute approximate surface area is 150 Å². The van der Waals surface area contributed by atoms with Crippen LogP contribution >= 0.6 is 12.4 Å². The van der Waals surface area contributed by atoms with Gasteiger partial charge in [0, 0.05) is 30.7 Å². The van der Waals surface area contributed by atoms with E-state index in [1.807, 2.05) is 26.0 Å². The van der Waals surface area contributed by atoms with E-state index in [2.05, 4.69) is 24.4 Å². The second kappa shape index (κ2) is 8.49. The molecule has 1 aromatic rings. The van der Waals surface area contributed by atoms with E-state index < -0.39 is 5.54 Å². The average molecular weight is 354 g/mol. The Hall–Kier alpha value is -1.59. The van der Waals surface area contributed by atoms with Crippen LogP contribution in [0.2, 0.25) is 0 Å². The highest BCUT2D eigenvalue weighted by Crippen LogP contribution is 2.26. The van der Waals surface area contributed by atoms with Crippen LogP contribution in [0.3, 0.4) is 0 Å². The molecule has 1 aliphatic heterocycles. The van der Waals surface area contributed by atoms with E-state index in [-0.39, 0.29) is 36.6 Å². The quantitative estimate of drug-likeness (QED) is 0.823. The zero-order valence-corrected chi connectivity index (χ0v) is 15.5. The van der Waals surface area contributed by atoms with Crippen LogP contribution in [0.4, 0.5) is 5.69 Å². The Kier molecular flexibility index (Phi) is 7.24. The van der Waals surface area contributed by atoms with E-state index in [0.29, 0.717) is 13.1 Å². The molecule has 1 unspecified atom stereocenters. The number of rotatable bonds is 6. The van der Waals surface area contributed by atoms with Crippen LogP contribution in [0.25, 0.3) is 0 Å². The van der Waals surface area contributed by atoms with E-state index in [0.717, 1.165) is 18.5 Å². The van der Waals surface area contributed by atoms with E-state index in [4.69, 9.17) is 5.73 Å². The van der Waals surface area contributed by atoms with Gasteiger partial charge in [-0.3, -0.25) is 9.59 Å². The van der Waals surface area contributed by atoms with Gasteiger partial charge < -0.3 is 16.0 Å². The number of carbonyl (C=O) groups is 2. The van der Waals surface area contributed by atoms with Gasteiger partial charge in [0.15, 0.2) is 0 Å².